The van der Waals surface area contributed by atoms with Gasteiger partial charge in [0.2, 0.25) is 5.95 Å². The molecular weight excluding hydrogens is 418 g/mol. The molecule has 0 saturated heterocycles. The molecule has 14 heteroatoms. The maximum Gasteiger partial charge on any atom is 0.433 e. The molecule has 0 radical (unpaired) electrons. The number of hydrogen-bond acceptors (Lipinski definition) is 6. The van der Waals surface area contributed by atoms with E-state index in [9.17, 15) is 26.3 Å². The highest BCUT2D eigenvalue weighted by molar-refractivity contribution is 5.77. The van der Waals surface area contributed by atoms with Crippen molar-refractivity contribution in [1.82, 2.24) is 29.5 Å². The van der Waals surface area contributed by atoms with E-state index in [0.29, 0.717) is 15.9 Å². The molecule has 1 N–H and O–H groups in total. The van der Waals surface area contributed by atoms with Crippen molar-refractivity contribution in [2.45, 2.75) is 25.8 Å². The second kappa shape index (κ2) is 7.76. The van der Waals surface area contributed by atoms with E-state index >= 15 is 0 Å². The van der Waals surface area contributed by atoms with Crippen molar-refractivity contribution in [2.24, 2.45) is 12.1 Å². The summed E-state index contributed by atoms with van der Waals surface area (Å²) in [6, 6.07) is 2.05. The van der Waals surface area contributed by atoms with Crippen LogP contribution in [0.25, 0.3) is 11.3 Å². The molecular formula is C16H14F6N8. The van der Waals surface area contributed by atoms with Crippen LogP contribution in [-0.2, 0) is 19.8 Å². The van der Waals surface area contributed by atoms with Crippen molar-refractivity contribution in [3.8, 4) is 11.3 Å². The summed E-state index contributed by atoms with van der Waals surface area (Å²) in [7, 11) is 1.61. The van der Waals surface area contributed by atoms with Crippen molar-refractivity contribution in [2.75, 3.05) is 5.43 Å². The molecule has 0 spiro atoms. The lowest BCUT2D eigenvalue weighted by Gasteiger charge is -2.09. The molecule has 3 aromatic heterocycles. The summed E-state index contributed by atoms with van der Waals surface area (Å²) in [6.07, 6.45) is -5.53. The molecule has 160 valence electrons. The monoisotopic (exact) mass is 432 g/mol. The fraction of sp³-hybridized carbons (Fsp3) is 0.312. The van der Waals surface area contributed by atoms with Crippen molar-refractivity contribution >= 4 is 12.2 Å². The first-order valence-electron chi connectivity index (χ1n) is 8.27. The Morgan fingerprint density at radius 2 is 1.87 bits per heavy atom. The molecule has 3 rings (SSSR count). The van der Waals surface area contributed by atoms with E-state index < -0.39 is 30.5 Å². The minimum absolute atomic E-state index is 0.0184. The highest BCUT2D eigenvalue weighted by Gasteiger charge is 2.34. The topological polar surface area (TPSA) is 85.8 Å². The molecule has 30 heavy (non-hydrogen) atoms. The van der Waals surface area contributed by atoms with Gasteiger partial charge < -0.3 is 0 Å². The molecule has 0 amide bonds. The molecule has 0 bridgehead atoms. The number of rotatable bonds is 5. The highest BCUT2D eigenvalue weighted by atomic mass is 19.4. The Hall–Kier alpha value is -3.45. The van der Waals surface area contributed by atoms with Crippen molar-refractivity contribution in [3.05, 3.63) is 41.6 Å². The van der Waals surface area contributed by atoms with E-state index in [1.165, 1.54) is 16.9 Å². The largest absolute Gasteiger partial charge is 0.433 e. The zero-order chi connectivity index (χ0) is 22.1. The maximum absolute atomic E-state index is 13.2. The van der Waals surface area contributed by atoms with Crippen LogP contribution >= 0.6 is 0 Å². The van der Waals surface area contributed by atoms with Gasteiger partial charge in [-0.2, -0.15) is 41.6 Å². The molecule has 0 fully saturated rings. The Labute approximate surface area is 165 Å². The first-order valence-corrected chi connectivity index (χ1v) is 8.27. The third-order valence-corrected chi connectivity index (χ3v) is 3.67. The zero-order valence-corrected chi connectivity index (χ0v) is 15.5. The fourth-order valence-corrected chi connectivity index (χ4v) is 2.51. The van der Waals surface area contributed by atoms with Gasteiger partial charge in [0.25, 0.3) is 0 Å². The van der Waals surface area contributed by atoms with Crippen molar-refractivity contribution in [1.29, 1.82) is 0 Å². The summed E-state index contributed by atoms with van der Waals surface area (Å²) < 4.78 is 78.8. The van der Waals surface area contributed by atoms with Crippen LogP contribution in [0.4, 0.5) is 32.3 Å². The smallest absolute Gasteiger partial charge is 0.275 e. The second-order valence-electron chi connectivity index (χ2n) is 6.19. The van der Waals surface area contributed by atoms with Crippen LogP contribution in [-0.4, -0.2) is 41.9 Å². The number of halogens is 6. The Bertz CT molecular complexity index is 1060. The van der Waals surface area contributed by atoms with Gasteiger partial charge in [0.1, 0.15) is 12.2 Å². The molecule has 0 atom stereocenters. The quantitative estimate of drug-likeness (QED) is 0.380. The lowest BCUT2D eigenvalue weighted by Crippen LogP contribution is -2.18. The van der Waals surface area contributed by atoms with Gasteiger partial charge in [0.05, 0.1) is 17.6 Å². The number of hydrogen-bond donors (Lipinski definition) is 1. The van der Waals surface area contributed by atoms with Gasteiger partial charge in [-0.05, 0) is 19.1 Å². The van der Waals surface area contributed by atoms with Crippen LogP contribution in [0.2, 0.25) is 0 Å². The first-order chi connectivity index (χ1) is 13.9. The summed E-state index contributed by atoms with van der Waals surface area (Å²) in [5, 5.41) is 11.4. The summed E-state index contributed by atoms with van der Waals surface area (Å²) in [5.41, 5.74) is 1.94. The summed E-state index contributed by atoms with van der Waals surface area (Å²) in [5.74, 6) is -0.450. The van der Waals surface area contributed by atoms with Crippen LogP contribution in [0.15, 0.2) is 29.6 Å². The van der Waals surface area contributed by atoms with Gasteiger partial charge in [-0.15, -0.1) is 0 Å². The molecule has 0 aliphatic carbocycles. The SMILES string of the molecule is Cc1nn(C)cc1-c1cc(C(F)(F)F)nc(N/N=C/c2ccn(CC(F)(F)F)n2)n1. The molecule has 8 nitrogen and oxygen atoms in total. The Morgan fingerprint density at radius 3 is 2.47 bits per heavy atom. The standard InChI is InChI=1S/C16H14F6N8/c1-9-11(7-29(2)27-9)12-5-13(16(20,21)22)25-14(24-12)26-23-6-10-3-4-30(28-10)8-15(17,18)19/h3-7H,8H2,1-2H3,(H,24,25,26)/b23-6+. The van der Waals surface area contributed by atoms with Gasteiger partial charge in [0.15, 0.2) is 5.69 Å². The Morgan fingerprint density at radius 1 is 1.13 bits per heavy atom. The Kier molecular flexibility index (Phi) is 5.50. The number of hydrazone groups is 1. The minimum atomic E-state index is -4.73. The number of nitrogens with one attached hydrogen (secondary N) is 1. The molecule has 0 unspecified atom stereocenters. The average molecular weight is 432 g/mol. The van der Waals surface area contributed by atoms with Crippen molar-refractivity contribution < 1.29 is 26.3 Å². The lowest BCUT2D eigenvalue weighted by molar-refractivity contribution is -0.143. The molecule has 3 aromatic rings. The first kappa shape index (κ1) is 21.3. The predicted octanol–water partition coefficient (Wildman–Crippen LogP) is 3.41. The predicted molar refractivity (Wildman–Crippen MR) is 93.5 cm³/mol. The molecule has 0 saturated carbocycles. The van der Waals surface area contributed by atoms with E-state index in [2.05, 4.69) is 30.7 Å². The molecule has 0 aromatic carbocycles. The van der Waals surface area contributed by atoms with Crippen LogP contribution < -0.4 is 5.43 Å². The Balaban J connectivity index is 1.84. The van der Waals surface area contributed by atoms with Gasteiger partial charge in [-0.3, -0.25) is 9.36 Å². The van der Waals surface area contributed by atoms with Gasteiger partial charge in [-0.1, -0.05) is 0 Å². The van der Waals surface area contributed by atoms with Crippen molar-refractivity contribution in [3.63, 3.8) is 0 Å². The molecule has 0 aliphatic heterocycles. The third kappa shape index (κ3) is 5.33. The number of alkyl halides is 6. The van der Waals surface area contributed by atoms with E-state index in [1.54, 1.807) is 14.0 Å². The molecule has 0 aliphatic rings. The number of anilines is 1. The lowest BCUT2D eigenvalue weighted by atomic mass is 10.1. The fourth-order valence-electron chi connectivity index (χ4n) is 2.51. The van der Waals surface area contributed by atoms with Gasteiger partial charge >= 0.3 is 12.4 Å². The number of aryl methyl sites for hydroxylation is 2. The van der Waals surface area contributed by atoms with E-state index in [1.807, 2.05) is 0 Å². The van der Waals surface area contributed by atoms with Crippen LogP contribution in [0.1, 0.15) is 17.1 Å². The third-order valence-electron chi connectivity index (χ3n) is 3.67. The van der Waals surface area contributed by atoms with Crippen LogP contribution in [0.3, 0.4) is 0 Å². The average Bonchev–Trinajstić information content (AvgIpc) is 3.18. The maximum atomic E-state index is 13.2. The summed E-state index contributed by atoms with van der Waals surface area (Å²) in [6.45, 7) is 0.339. The minimum Gasteiger partial charge on any atom is -0.275 e. The van der Waals surface area contributed by atoms with E-state index in [-0.39, 0.29) is 11.4 Å². The van der Waals surface area contributed by atoms with E-state index in [0.717, 1.165) is 18.5 Å². The zero-order valence-electron chi connectivity index (χ0n) is 15.5. The summed E-state index contributed by atoms with van der Waals surface area (Å²) in [4.78, 5) is 7.40. The van der Waals surface area contributed by atoms with Crippen LogP contribution in [0, 0.1) is 6.92 Å². The second-order valence-corrected chi connectivity index (χ2v) is 6.19. The highest BCUT2D eigenvalue weighted by Crippen LogP contribution is 2.31. The normalized spacial score (nSPS) is 12.7. The van der Waals surface area contributed by atoms with Gasteiger partial charge in [0, 0.05) is 25.0 Å². The number of nitrogens with zero attached hydrogens (tertiary/aromatic N) is 7. The van der Waals surface area contributed by atoms with Gasteiger partial charge in [-0.25, -0.2) is 15.4 Å². The molecule has 3 heterocycles. The summed E-state index contributed by atoms with van der Waals surface area (Å²) >= 11 is 0. The number of aromatic nitrogens is 6. The van der Waals surface area contributed by atoms with E-state index in [4.69, 9.17) is 0 Å². The van der Waals surface area contributed by atoms with Crippen LogP contribution in [0.5, 0.6) is 0 Å².